The summed E-state index contributed by atoms with van der Waals surface area (Å²) in [4.78, 5) is 12.6. The summed E-state index contributed by atoms with van der Waals surface area (Å²) < 4.78 is 2.01. The lowest BCUT2D eigenvalue weighted by atomic mass is 9.95. The van der Waals surface area contributed by atoms with E-state index in [0.717, 1.165) is 16.5 Å². The lowest BCUT2D eigenvalue weighted by Crippen LogP contribution is -2.05. The van der Waals surface area contributed by atoms with Gasteiger partial charge in [0.1, 0.15) is 11.5 Å². The third-order valence-electron chi connectivity index (χ3n) is 4.38. The van der Waals surface area contributed by atoms with Crippen LogP contribution in [-0.4, -0.2) is 20.6 Å². The number of aryl methyl sites for hydroxylation is 1. The van der Waals surface area contributed by atoms with E-state index >= 15 is 0 Å². The van der Waals surface area contributed by atoms with Gasteiger partial charge < -0.3 is 14.8 Å². The maximum absolute atomic E-state index is 12.6. The van der Waals surface area contributed by atoms with E-state index in [9.17, 15) is 15.0 Å². The van der Waals surface area contributed by atoms with Crippen molar-refractivity contribution in [3.63, 3.8) is 0 Å². The van der Waals surface area contributed by atoms with Crippen LogP contribution in [0, 0.1) is 0 Å². The number of ketones is 1. The topological polar surface area (TPSA) is 62.5 Å². The number of rotatable bonds is 4. The van der Waals surface area contributed by atoms with Gasteiger partial charge in [-0.1, -0.05) is 26.0 Å². The molecule has 3 aromatic rings. The molecule has 4 heteroatoms. The monoisotopic (exact) mass is 323 g/mol. The van der Waals surface area contributed by atoms with Crippen LogP contribution in [0.25, 0.3) is 10.9 Å². The number of aromatic hydroxyl groups is 2. The highest BCUT2D eigenvalue weighted by Crippen LogP contribution is 2.33. The highest BCUT2D eigenvalue weighted by atomic mass is 16.3. The number of nitrogens with zero attached hydrogens (tertiary/aromatic N) is 1. The summed E-state index contributed by atoms with van der Waals surface area (Å²) in [5, 5.41) is 21.1. The second-order valence-electron chi connectivity index (χ2n) is 6.50. The Kier molecular flexibility index (Phi) is 4.06. The minimum Gasteiger partial charge on any atom is -0.508 e. The molecular weight excluding hydrogens is 302 g/mol. The molecule has 0 fully saturated rings. The first-order valence-electron chi connectivity index (χ1n) is 8.00. The first kappa shape index (κ1) is 16.1. The molecular formula is C20H21NO3. The van der Waals surface area contributed by atoms with Gasteiger partial charge in [0.05, 0.1) is 5.56 Å². The SMILES string of the molecule is CC(C)c1cc(C(=O)Cc2ccc3ccn(C)c3c2)c(O)cc1O. The third-order valence-corrected chi connectivity index (χ3v) is 4.38. The Morgan fingerprint density at radius 2 is 1.83 bits per heavy atom. The molecule has 124 valence electrons. The smallest absolute Gasteiger partial charge is 0.170 e. The molecule has 0 saturated heterocycles. The predicted octanol–water partition coefficient (Wildman–Crippen LogP) is 4.14. The summed E-state index contributed by atoms with van der Waals surface area (Å²) in [5.41, 5.74) is 2.88. The van der Waals surface area contributed by atoms with Gasteiger partial charge in [-0.05, 0) is 40.6 Å². The van der Waals surface area contributed by atoms with E-state index in [0.29, 0.717) is 5.56 Å². The van der Waals surface area contributed by atoms with Crippen LogP contribution < -0.4 is 0 Å². The second-order valence-corrected chi connectivity index (χ2v) is 6.50. The van der Waals surface area contributed by atoms with Crippen molar-refractivity contribution in [2.75, 3.05) is 0 Å². The summed E-state index contributed by atoms with van der Waals surface area (Å²) in [6, 6.07) is 10.8. The summed E-state index contributed by atoms with van der Waals surface area (Å²) in [6.07, 6.45) is 2.19. The standard InChI is InChI=1S/C20H21NO3/c1-12(2)15-10-16(20(24)11-19(15)23)18(22)9-13-4-5-14-6-7-21(3)17(14)8-13/h4-8,10-12,23-24H,9H2,1-3H3. The molecule has 0 aliphatic rings. The molecule has 4 nitrogen and oxygen atoms in total. The molecule has 2 N–H and O–H groups in total. The maximum atomic E-state index is 12.6. The second kappa shape index (κ2) is 6.04. The van der Waals surface area contributed by atoms with Crippen molar-refractivity contribution >= 4 is 16.7 Å². The van der Waals surface area contributed by atoms with E-state index in [2.05, 4.69) is 0 Å². The summed E-state index contributed by atoms with van der Waals surface area (Å²) in [7, 11) is 1.97. The number of hydrogen-bond acceptors (Lipinski definition) is 3. The Labute approximate surface area is 141 Å². The van der Waals surface area contributed by atoms with E-state index in [4.69, 9.17) is 0 Å². The molecule has 1 aromatic heterocycles. The molecule has 0 amide bonds. The molecule has 3 rings (SSSR count). The van der Waals surface area contributed by atoms with Gasteiger partial charge in [-0.25, -0.2) is 0 Å². The number of aromatic nitrogens is 1. The van der Waals surface area contributed by atoms with Gasteiger partial charge in [-0.2, -0.15) is 0 Å². The molecule has 2 aromatic carbocycles. The Bertz CT molecular complexity index is 922. The van der Waals surface area contributed by atoms with Gasteiger partial charge >= 0.3 is 0 Å². The van der Waals surface area contributed by atoms with E-state index in [-0.39, 0.29) is 35.2 Å². The number of benzene rings is 2. The molecule has 0 spiro atoms. The lowest BCUT2D eigenvalue weighted by molar-refractivity contribution is 0.0990. The fourth-order valence-corrected chi connectivity index (χ4v) is 2.98. The minimum absolute atomic E-state index is 0.0179. The van der Waals surface area contributed by atoms with Gasteiger partial charge in [-0.15, -0.1) is 0 Å². The fourth-order valence-electron chi connectivity index (χ4n) is 2.98. The van der Waals surface area contributed by atoms with Crippen molar-refractivity contribution < 1.29 is 15.0 Å². The largest absolute Gasteiger partial charge is 0.508 e. The van der Waals surface area contributed by atoms with Gasteiger partial charge in [0, 0.05) is 31.2 Å². The van der Waals surface area contributed by atoms with Crippen molar-refractivity contribution in [3.8, 4) is 11.5 Å². The molecule has 0 radical (unpaired) electrons. The van der Waals surface area contributed by atoms with E-state index in [1.807, 2.05) is 55.9 Å². The van der Waals surface area contributed by atoms with Crippen LogP contribution in [0.2, 0.25) is 0 Å². The predicted molar refractivity (Wildman–Crippen MR) is 94.8 cm³/mol. The van der Waals surface area contributed by atoms with Crippen LogP contribution in [0.15, 0.2) is 42.6 Å². The number of phenolic OH excluding ortho intramolecular Hbond substituents is 2. The van der Waals surface area contributed by atoms with Gasteiger partial charge in [-0.3, -0.25) is 4.79 Å². The van der Waals surface area contributed by atoms with Crippen molar-refractivity contribution in [2.24, 2.45) is 7.05 Å². The number of fused-ring (bicyclic) bond motifs is 1. The van der Waals surface area contributed by atoms with Crippen molar-refractivity contribution in [2.45, 2.75) is 26.2 Å². The first-order chi connectivity index (χ1) is 11.4. The van der Waals surface area contributed by atoms with E-state index in [1.165, 1.54) is 6.07 Å². The van der Waals surface area contributed by atoms with Crippen molar-refractivity contribution in [1.82, 2.24) is 4.57 Å². The number of hydrogen-bond donors (Lipinski definition) is 2. The molecule has 0 aliphatic heterocycles. The Balaban J connectivity index is 1.93. The van der Waals surface area contributed by atoms with Gasteiger partial charge in [0.15, 0.2) is 5.78 Å². The Hall–Kier alpha value is -2.75. The van der Waals surface area contributed by atoms with Gasteiger partial charge in [0.2, 0.25) is 0 Å². The van der Waals surface area contributed by atoms with Gasteiger partial charge in [0.25, 0.3) is 0 Å². The van der Waals surface area contributed by atoms with Crippen LogP contribution >= 0.6 is 0 Å². The molecule has 24 heavy (non-hydrogen) atoms. The maximum Gasteiger partial charge on any atom is 0.170 e. The normalized spacial score (nSPS) is 11.3. The average Bonchev–Trinajstić information content (AvgIpc) is 2.88. The molecule has 0 aliphatic carbocycles. The van der Waals surface area contributed by atoms with Crippen molar-refractivity contribution in [1.29, 1.82) is 0 Å². The Morgan fingerprint density at radius 1 is 1.08 bits per heavy atom. The molecule has 0 atom stereocenters. The highest BCUT2D eigenvalue weighted by molar-refractivity contribution is 6.00. The van der Waals surface area contributed by atoms with Crippen LogP contribution in [-0.2, 0) is 13.5 Å². The minimum atomic E-state index is -0.179. The first-order valence-corrected chi connectivity index (χ1v) is 8.00. The van der Waals surface area contributed by atoms with Crippen LogP contribution in [0.4, 0.5) is 0 Å². The third kappa shape index (κ3) is 2.87. The van der Waals surface area contributed by atoms with E-state index < -0.39 is 0 Å². The number of phenols is 2. The molecule has 0 saturated carbocycles. The zero-order valence-electron chi connectivity index (χ0n) is 14.1. The van der Waals surface area contributed by atoms with Crippen LogP contribution in [0.3, 0.4) is 0 Å². The quantitative estimate of drug-likeness (QED) is 0.709. The zero-order chi connectivity index (χ0) is 17.4. The summed E-state index contributed by atoms with van der Waals surface area (Å²) in [5.74, 6) is -0.258. The lowest BCUT2D eigenvalue weighted by Gasteiger charge is -2.12. The zero-order valence-corrected chi connectivity index (χ0v) is 14.1. The van der Waals surface area contributed by atoms with Crippen LogP contribution in [0.1, 0.15) is 41.3 Å². The summed E-state index contributed by atoms with van der Waals surface area (Å²) >= 11 is 0. The average molecular weight is 323 g/mol. The Morgan fingerprint density at radius 3 is 2.54 bits per heavy atom. The van der Waals surface area contributed by atoms with E-state index in [1.54, 1.807) is 6.07 Å². The molecule has 0 unspecified atom stereocenters. The van der Waals surface area contributed by atoms with Crippen LogP contribution in [0.5, 0.6) is 11.5 Å². The molecule has 0 bridgehead atoms. The highest BCUT2D eigenvalue weighted by Gasteiger charge is 2.17. The number of carbonyl (C=O) groups is 1. The number of Topliss-reactive ketones (excluding diaryl/α,β-unsaturated/α-hetero) is 1. The summed E-state index contributed by atoms with van der Waals surface area (Å²) in [6.45, 7) is 3.87. The van der Waals surface area contributed by atoms with Crippen molar-refractivity contribution in [3.05, 3.63) is 59.3 Å². The fraction of sp³-hybridized carbons (Fsp3) is 0.250. The molecule has 1 heterocycles. The number of carbonyl (C=O) groups excluding carboxylic acids is 1.